The summed E-state index contributed by atoms with van der Waals surface area (Å²) in [7, 11) is -2.93. The molecule has 2 heterocycles. The summed E-state index contributed by atoms with van der Waals surface area (Å²) in [5.74, 6) is 2.61. The molecular weight excluding hydrogens is 276 g/mol. The summed E-state index contributed by atoms with van der Waals surface area (Å²) in [5, 5.41) is 2.98. The van der Waals surface area contributed by atoms with Crippen molar-refractivity contribution in [3.63, 3.8) is 0 Å². The van der Waals surface area contributed by atoms with Crippen LogP contribution in [0.15, 0.2) is 12.4 Å². The molecule has 0 radical (unpaired) electrons. The standard InChI is InChI=1S/C13H20N4O2S/c1-10-8-17(4-5-20(10,18)19)13-6-12(15-9-16-13)14-7-11-2-3-11/h6,9-11H,2-5,7-8H2,1H3,(H,14,15,16)/t10-/m1/s1. The van der Waals surface area contributed by atoms with Gasteiger partial charge in [-0.15, -0.1) is 0 Å². The van der Waals surface area contributed by atoms with Crippen molar-refractivity contribution in [2.45, 2.75) is 25.0 Å². The van der Waals surface area contributed by atoms with Crippen LogP contribution in [0.1, 0.15) is 19.8 Å². The fourth-order valence-electron chi connectivity index (χ4n) is 2.35. The number of sulfone groups is 1. The van der Waals surface area contributed by atoms with E-state index in [0.29, 0.717) is 13.1 Å². The fraction of sp³-hybridized carbons (Fsp3) is 0.692. The number of anilines is 2. The van der Waals surface area contributed by atoms with Gasteiger partial charge < -0.3 is 10.2 Å². The molecule has 1 atom stereocenters. The molecule has 0 aromatic carbocycles. The van der Waals surface area contributed by atoms with Crippen LogP contribution in [0, 0.1) is 5.92 Å². The van der Waals surface area contributed by atoms with E-state index in [4.69, 9.17) is 0 Å². The topological polar surface area (TPSA) is 75.2 Å². The number of hydrogen-bond donors (Lipinski definition) is 1. The van der Waals surface area contributed by atoms with Crippen LogP contribution in [0.3, 0.4) is 0 Å². The van der Waals surface area contributed by atoms with Gasteiger partial charge in [-0.3, -0.25) is 0 Å². The average Bonchev–Trinajstić information content (AvgIpc) is 3.24. The van der Waals surface area contributed by atoms with Gasteiger partial charge in [-0.25, -0.2) is 18.4 Å². The highest BCUT2D eigenvalue weighted by Gasteiger charge is 2.30. The van der Waals surface area contributed by atoms with Crippen molar-refractivity contribution in [3.8, 4) is 0 Å². The zero-order valence-electron chi connectivity index (χ0n) is 11.6. The predicted octanol–water partition coefficient (Wildman–Crippen LogP) is 0.922. The lowest BCUT2D eigenvalue weighted by Crippen LogP contribution is -2.45. The molecule has 1 aliphatic heterocycles. The summed E-state index contributed by atoms with van der Waals surface area (Å²) in [6, 6.07) is 1.91. The van der Waals surface area contributed by atoms with Crippen molar-refractivity contribution in [2.24, 2.45) is 5.92 Å². The highest BCUT2D eigenvalue weighted by molar-refractivity contribution is 7.92. The molecule has 1 saturated carbocycles. The van der Waals surface area contributed by atoms with Crippen LogP contribution in [0.4, 0.5) is 11.6 Å². The van der Waals surface area contributed by atoms with Gasteiger partial charge in [-0.2, -0.15) is 0 Å². The van der Waals surface area contributed by atoms with E-state index in [2.05, 4.69) is 15.3 Å². The lowest BCUT2D eigenvalue weighted by atomic mass is 10.3. The average molecular weight is 296 g/mol. The Morgan fingerprint density at radius 2 is 2.20 bits per heavy atom. The molecule has 1 aliphatic carbocycles. The zero-order valence-corrected chi connectivity index (χ0v) is 12.4. The van der Waals surface area contributed by atoms with Gasteiger partial charge in [0.2, 0.25) is 0 Å². The van der Waals surface area contributed by atoms with Crippen LogP contribution < -0.4 is 10.2 Å². The van der Waals surface area contributed by atoms with Crippen LogP contribution in [0.5, 0.6) is 0 Å². The highest BCUT2D eigenvalue weighted by atomic mass is 32.2. The molecule has 0 bridgehead atoms. The molecule has 1 N–H and O–H groups in total. The van der Waals surface area contributed by atoms with Gasteiger partial charge in [0.25, 0.3) is 0 Å². The second-order valence-corrected chi connectivity index (χ2v) is 8.25. The Labute approximate surface area is 119 Å². The molecule has 3 rings (SSSR count). The largest absolute Gasteiger partial charge is 0.370 e. The number of hydrogen-bond acceptors (Lipinski definition) is 6. The minimum atomic E-state index is -2.93. The second kappa shape index (κ2) is 5.20. The third-order valence-corrected chi connectivity index (χ3v) is 6.11. The maximum absolute atomic E-state index is 11.7. The maximum Gasteiger partial charge on any atom is 0.156 e. The minimum absolute atomic E-state index is 0.197. The molecule has 0 spiro atoms. The van der Waals surface area contributed by atoms with Crippen LogP contribution >= 0.6 is 0 Å². The molecule has 20 heavy (non-hydrogen) atoms. The van der Waals surface area contributed by atoms with Gasteiger partial charge in [-0.1, -0.05) is 0 Å². The Hall–Kier alpha value is -1.37. The third-order valence-electron chi connectivity index (χ3n) is 3.98. The quantitative estimate of drug-likeness (QED) is 0.890. The molecule has 110 valence electrons. The van der Waals surface area contributed by atoms with E-state index in [1.54, 1.807) is 13.3 Å². The Bertz CT molecular complexity index is 586. The van der Waals surface area contributed by atoms with Gasteiger partial charge in [0, 0.05) is 25.7 Å². The summed E-state index contributed by atoms with van der Waals surface area (Å²) in [4.78, 5) is 10.5. The van der Waals surface area contributed by atoms with Crippen LogP contribution in [0.25, 0.3) is 0 Å². The number of rotatable bonds is 4. The van der Waals surface area contributed by atoms with Crippen molar-refractivity contribution in [3.05, 3.63) is 12.4 Å². The first-order valence-corrected chi connectivity index (χ1v) is 8.78. The Kier molecular flexibility index (Phi) is 3.54. The molecule has 2 fully saturated rings. The van der Waals surface area contributed by atoms with Gasteiger partial charge in [0.1, 0.15) is 18.0 Å². The molecule has 1 aromatic heterocycles. The lowest BCUT2D eigenvalue weighted by Gasteiger charge is -2.31. The summed E-state index contributed by atoms with van der Waals surface area (Å²) < 4.78 is 23.5. The Morgan fingerprint density at radius 1 is 1.40 bits per heavy atom. The Balaban J connectivity index is 1.68. The Morgan fingerprint density at radius 3 is 2.90 bits per heavy atom. The van der Waals surface area contributed by atoms with Crippen molar-refractivity contribution < 1.29 is 8.42 Å². The molecule has 0 amide bonds. The first-order chi connectivity index (χ1) is 9.54. The lowest BCUT2D eigenvalue weighted by molar-refractivity contribution is 0.568. The summed E-state index contributed by atoms with van der Waals surface area (Å²) >= 11 is 0. The van der Waals surface area contributed by atoms with Gasteiger partial charge >= 0.3 is 0 Å². The molecular formula is C13H20N4O2S. The van der Waals surface area contributed by atoms with Crippen molar-refractivity contribution in [2.75, 3.05) is 35.6 Å². The first kappa shape index (κ1) is 13.6. The van der Waals surface area contributed by atoms with Gasteiger partial charge in [0.15, 0.2) is 9.84 Å². The molecule has 1 aromatic rings. The van der Waals surface area contributed by atoms with Crippen LogP contribution in [-0.4, -0.2) is 49.0 Å². The maximum atomic E-state index is 11.7. The zero-order chi connectivity index (χ0) is 14.2. The van der Waals surface area contributed by atoms with E-state index in [9.17, 15) is 8.42 Å². The highest BCUT2D eigenvalue weighted by Crippen LogP contribution is 2.29. The van der Waals surface area contributed by atoms with Crippen LogP contribution in [0.2, 0.25) is 0 Å². The van der Waals surface area contributed by atoms with E-state index >= 15 is 0 Å². The molecule has 1 saturated heterocycles. The van der Waals surface area contributed by atoms with E-state index in [1.165, 1.54) is 12.8 Å². The van der Waals surface area contributed by atoms with E-state index in [1.807, 2.05) is 11.0 Å². The number of nitrogens with one attached hydrogen (secondary N) is 1. The van der Waals surface area contributed by atoms with Gasteiger partial charge in [-0.05, 0) is 25.7 Å². The third kappa shape index (κ3) is 3.03. The second-order valence-electron chi connectivity index (χ2n) is 5.71. The number of nitrogens with zero attached hydrogens (tertiary/aromatic N) is 3. The summed E-state index contributed by atoms with van der Waals surface area (Å²) in [6.45, 7) is 3.73. The molecule has 7 heteroatoms. The summed E-state index contributed by atoms with van der Waals surface area (Å²) in [6.07, 6.45) is 4.14. The smallest absolute Gasteiger partial charge is 0.156 e. The SMILES string of the molecule is C[C@@H]1CN(c2cc(NCC3CC3)ncn2)CCS1(=O)=O. The van der Waals surface area contributed by atoms with Crippen molar-refractivity contribution in [1.82, 2.24) is 9.97 Å². The predicted molar refractivity (Wildman–Crippen MR) is 78.7 cm³/mol. The van der Waals surface area contributed by atoms with Crippen LogP contribution in [-0.2, 0) is 9.84 Å². The van der Waals surface area contributed by atoms with Crippen molar-refractivity contribution >= 4 is 21.5 Å². The van der Waals surface area contributed by atoms with Gasteiger partial charge in [0.05, 0.1) is 11.0 Å². The van der Waals surface area contributed by atoms with E-state index in [0.717, 1.165) is 24.1 Å². The fourth-order valence-corrected chi connectivity index (χ4v) is 3.63. The number of aromatic nitrogens is 2. The van der Waals surface area contributed by atoms with E-state index in [-0.39, 0.29) is 11.0 Å². The summed E-state index contributed by atoms with van der Waals surface area (Å²) in [5.41, 5.74) is 0. The molecule has 6 nitrogen and oxygen atoms in total. The van der Waals surface area contributed by atoms with Crippen molar-refractivity contribution in [1.29, 1.82) is 0 Å². The first-order valence-electron chi connectivity index (χ1n) is 7.07. The molecule has 0 unspecified atom stereocenters. The monoisotopic (exact) mass is 296 g/mol. The molecule has 2 aliphatic rings. The normalized spacial score (nSPS) is 25.4. The van der Waals surface area contributed by atoms with E-state index < -0.39 is 9.84 Å². The minimum Gasteiger partial charge on any atom is -0.370 e.